The number of H-pyrrole nitrogens is 1. The average Bonchev–Trinajstić information content (AvgIpc) is 3.05. The van der Waals surface area contributed by atoms with Gasteiger partial charge in [-0.3, -0.25) is 9.59 Å². The molecule has 0 saturated heterocycles. The number of aryl methyl sites for hydroxylation is 1. The summed E-state index contributed by atoms with van der Waals surface area (Å²) in [6, 6.07) is 10.1. The molecular formula is C18H19N3O2S2. The quantitative estimate of drug-likeness (QED) is 0.721. The molecule has 1 aromatic carbocycles. The molecule has 0 spiro atoms. The highest BCUT2D eigenvalue weighted by atomic mass is 32.2. The van der Waals surface area contributed by atoms with Crippen molar-refractivity contribution in [2.45, 2.75) is 19.2 Å². The van der Waals surface area contributed by atoms with E-state index >= 15 is 0 Å². The summed E-state index contributed by atoms with van der Waals surface area (Å²) in [7, 11) is 1.73. The molecule has 1 amide bonds. The molecule has 2 aromatic heterocycles. The zero-order chi connectivity index (χ0) is 17.8. The van der Waals surface area contributed by atoms with E-state index in [1.54, 1.807) is 23.7 Å². The summed E-state index contributed by atoms with van der Waals surface area (Å²) < 4.78 is 0.617. The number of thiophene rings is 1. The normalized spacial score (nSPS) is 11.0. The summed E-state index contributed by atoms with van der Waals surface area (Å²) in [5, 5.41) is 1.84. The molecule has 0 aliphatic rings. The van der Waals surface area contributed by atoms with Crippen molar-refractivity contribution >= 4 is 39.2 Å². The van der Waals surface area contributed by atoms with Gasteiger partial charge in [0.15, 0.2) is 0 Å². The van der Waals surface area contributed by atoms with Crippen LogP contribution in [0.3, 0.4) is 0 Å². The Morgan fingerprint density at radius 1 is 1.28 bits per heavy atom. The standard InChI is InChI=1S/C18H19N3O2S2/c1-12-3-5-13(6-4-12)10-24-11-16(22)21(2)9-15-19-14-7-8-25-17(14)18(23)20-15/h3-8H,9-11H2,1-2H3,(H,19,20,23). The van der Waals surface area contributed by atoms with Crippen LogP contribution in [0.25, 0.3) is 10.2 Å². The van der Waals surface area contributed by atoms with Crippen molar-refractivity contribution in [1.82, 2.24) is 14.9 Å². The van der Waals surface area contributed by atoms with Gasteiger partial charge in [0.05, 0.1) is 17.8 Å². The zero-order valence-corrected chi connectivity index (χ0v) is 15.7. The highest BCUT2D eigenvalue weighted by Gasteiger charge is 2.12. The SMILES string of the molecule is Cc1ccc(CSCC(=O)N(C)Cc2nc3ccsc3c(=O)[nH]2)cc1. The van der Waals surface area contributed by atoms with Gasteiger partial charge >= 0.3 is 0 Å². The first-order chi connectivity index (χ1) is 12.0. The maximum absolute atomic E-state index is 12.3. The number of nitrogens with zero attached hydrogens (tertiary/aromatic N) is 2. The lowest BCUT2D eigenvalue weighted by molar-refractivity contribution is -0.127. The van der Waals surface area contributed by atoms with Crippen LogP contribution in [-0.4, -0.2) is 33.6 Å². The summed E-state index contributed by atoms with van der Waals surface area (Å²) >= 11 is 2.95. The van der Waals surface area contributed by atoms with E-state index in [9.17, 15) is 9.59 Å². The first-order valence-electron chi connectivity index (χ1n) is 7.86. The Labute approximate surface area is 154 Å². The summed E-state index contributed by atoms with van der Waals surface area (Å²) in [5.41, 5.74) is 2.97. The largest absolute Gasteiger partial charge is 0.338 e. The van der Waals surface area contributed by atoms with Crippen molar-refractivity contribution in [1.29, 1.82) is 0 Å². The number of carbonyl (C=O) groups excluding carboxylic acids is 1. The second-order valence-corrected chi connectivity index (χ2v) is 7.78. The Morgan fingerprint density at radius 3 is 2.80 bits per heavy atom. The van der Waals surface area contributed by atoms with Crippen molar-refractivity contribution < 1.29 is 4.79 Å². The minimum Gasteiger partial charge on any atom is -0.338 e. The lowest BCUT2D eigenvalue weighted by Crippen LogP contribution is -2.29. The molecule has 2 heterocycles. The second-order valence-electron chi connectivity index (χ2n) is 5.88. The summed E-state index contributed by atoms with van der Waals surface area (Å²) in [5.74, 6) is 1.73. The highest BCUT2D eigenvalue weighted by molar-refractivity contribution is 7.99. The number of benzene rings is 1. The van der Waals surface area contributed by atoms with Gasteiger partial charge in [0, 0.05) is 12.8 Å². The molecule has 7 heteroatoms. The van der Waals surface area contributed by atoms with Gasteiger partial charge in [-0.05, 0) is 23.9 Å². The molecule has 25 heavy (non-hydrogen) atoms. The van der Waals surface area contributed by atoms with Gasteiger partial charge < -0.3 is 9.88 Å². The molecular weight excluding hydrogens is 354 g/mol. The Kier molecular flexibility index (Phi) is 5.55. The van der Waals surface area contributed by atoms with Crippen LogP contribution in [0.1, 0.15) is 17.0 Å². The van der Waals surface area contributed by atoms with Crippen LogP contribution in [-0.2, 0) is 17.1 Å². The molecule has 0 aliphatic carbocycles. The van der Waals surface area contributed by atoms with Gasteiger partial charge in [-0.1, -0.05) is 29.8 Å². The molecule has 0 radical (unpaired) electrons. The number of carbonyl (C=O) groups is 1. The van der Waals surface area contributed by atoms with Crippen LogP contribution in [0.2, 0.25) is 0 Å². The van der Waals surface area contributed by atoms with E-state index < -0.39 is 0 Å². The Morgan fingerprint density at radius 2 is 2.04 bits per heavy atom. The smallest absolute Gasteiger partial charge is 0.268 e. The molecule has 0 atom stereocenters. The highest BCUT2D eigenvalue weighted by Crippen LogP contribution is 2.15. The second kappa shape index (κ2) is 7.84. The first-order valence-corrected chi connectivity index (χ1v) is 9.90. The fourth-order valence-corrected chi connectivity index (χ4v) is 4.01. The molecule has 3 aromatic rings. The minimum atomic E-state index is -0.149. The minimum absolute atomic E-state index is 0.0187. The third kappa shape index (κ3) is 4.49. The van der Waals surface area contributed by atoms with Crippen molar-refractivity contribution in [3.05, 3.63) is 63.0 Å². The zero-order valence-electron chi connectivity index (χ0n) is 14.1. The lowest BCUT2D eigenvalue weighted by Gasteiger charge is -2.16. The molecule has 130 valence electrons. The third-order valence-corrected chi connectivity index (χ3v) is 5.68. The number of hydrogen-bond acceptors (Lipinski definition) is 5. The van der Waals surface area contributed by atoms with Crippen molar-refractivity contribution in [2.24, 2.45) is 0 Å². The van der Waals surface area contributed by atoms with Gasteiger partial charge in [-0.15, -0.1) is 23.1 Å². The molecule has 0 fully saturated rings. The number of nitrogens with one attached hydrogen (secondary N) is 1. The average molecular weight is 374 g/mol. The summed E-state index contributed by atoms with van der Waals surface area (Å²) in [4.78, 5) is 33.0. The molecule has 0 bridgehead atoms. The van der Waals surface area contributed by atoms with E-state index in [1.807, 2.05) is 11.4 Å². The van der Waals surface area contributed by atoms with Crippen molar-refractivity contribution in [2.75, 3.05) is 12.8 Å². The molecule has 3 rings (SSSR count). The number of amides is 1. The fourth-order valence-electron chi connectivity index (χ4n) is 2.36. The van der Waals surface area contributed by atoms with Gasteiger partial charge in [0.1, 0.15) is 10.5 Å². The Balaban J connectivity index is 1.54. The van der Waals surface area contributed by atoms with Crippen molar-refractivity contribution in [3.63, 3.8) is 0 Å². The van der Waals surface area contributed by atoms with E-state index in [0.717, 1.165) is 5.75 Å². The van der Waals surface area contributed by atoms with Crippen LogP contribution in [0.5, 0.6) is 0 Å². The summed E-state index contributed by atoms with van der Waals surface area (Å²) in [6.07, 6.45) is 0. The van der Waals surface area contributed by atoms with E-state index in [2.05, 4.69) is 41.2 Å². The predicted octanol–water partition coefficient (Wildman–Crippen LogP) is 3.18. The van der Waals surface area contributed by atoms with Crippen LogP contribution < -0.4 is 5.56 Å². The fraction of sp³-hybridized carbons (Fsp3) is 0.278. The predicted molar refractivity (Wildman–Crippen MR) is 104 cm³/mol. The Hall–Kier alpha value is -2.12. The number of aromatic amines is 1. The maximum atomic E-state index is 12.3. The van der Waals surface area contributed by atoms with E-state index in [0.29, 0.717) is 28.3 Å². The number of rotatable bonds is 6. The molecule has 0 saturated carbocycles. The number of hydrogen-bond donors (Lipinski definition) is 1. The van der Waals surface area contributed by atoms with Gasteiger partial charge in [-0.2, -0.15) is 0 Å². The molecule has 5 nitrogen and oxygen atoms in total. The van der Waals surface area contributed by atoms with Crippen LogP contribution in [0.4, 0.5) is 0 Å². The third-order valence-electron chi connectivity index (χ3n) is 3.79. The number of thioether (sulfide) groups is 1. The number of aromatic nitrogens is 2. The Bertz CT molecular complexity index is 931. The molecule has 0 aliphatic heterocycles. The van der Waals surface area contributed by atoms with Gasteiger partial charge in [0.2, 0.25) is 5.91 Å². The molecule has 0 unspecified atom stereocenters. The summed E-state index contributed by atoms with van der Waals surface area (Å²) in [6.45, 7) is 2.35. The van der Waals surface area contributed by atoms with E-state index in [-0.39, 0.29) is 11.5 Å². The van der Waals surface area contributed by atoms with Crippen LogP contribution >= 0.6 is 23.1 Å². The maximum Gasteiger partial charge on any atom is 0.268 e. The monoisotopic (exact) mass is 373 g/mol. The first kappa shape index (κ1) is 17.7. The number of fused-ring (bicyclic) bond motifs is 1. The molecule has 1 N–H and O–H groups in total. The van der Waals surface area contributed by atoms with E-state index in [4.69, 9.17) is 0 Å². The topological polar surface area (TPSA) is 66.1 Å². The van der Waals surface area contributed by atoms with Crippen molar-refractivity contribution in [3.8, 4) is 0 Å². The van der Waals surface area contributed by atoms with Crippen LogP contribution in [0.15, 0.2) is 40.5 Å². The lowest BCUT2D eigenvalue weighted by atomic mass is 10.2. The van der Waals surface area contributed by atoms with Gasteiger partial charge in [-0.25, -0.2) is 4.98 Å². The van der Waals surface area contributed by atoms with E-state index in [1.165, 1.54) is 22.5 Å². The van der Waals surface area contributed by atoms with Gasteiger partial charge in [0.25, 0.3) is 5.56 Å². The van der Waals surface area contributed by atoms with Crippen LogP contribution in [0, 0.1) is 6.92 Å².